The average Bonchev–Trinajstić information content (AvgIpc) is 2.89. The third-order valence-corrected chi connectivity index (χ3v) is 3.79. The highest BCUT2D eigenvalue weighted by Gasteiger charge is 2.01. The molecular weight excluding hydrogens is 248 g/mol. The lowest BCUT2D eigenvalue weighted by molar-refractivity contribution is 0.104. The smallest absolute Gasteiger partial charge is 0.185 e. The van der Waals surface area contributed by atoms with Gasteiger partial charge in [-0.25, -0.2) is 0 Å². The Kier molecular flexibility index (Phi) is 4.18. The number of allylic oxidation sites excluding steroid dienone is 1. The summed E-state index contributed by atoms with van der Waals surface area (Å²) in [6, 6.07) is 9.66. The molecule has 0 atom stereocenters. The van der Waals surface area contributed by atoms with Gasteiger partial charge < -0.3 is 0 Å². The van der Waals surface area contributed by atoms with Crippen molar-refractivity contribution in [3.63, 3.8) is 0 Å². The molecule has 2 rings (SSSR count). The van der Waals surface area contributed by atoms with Gasteiger partial charge in [0.2, 0.25) is 0 Å². The first-order valence-corrected chi connectivity index (χ1v) is 7.35. The number of benzene rings is 1. The number of hydrogen-bond acceptors (Lipinski definition) is 3. The number of hydrogen-bond donors (Lipinski definition) is 0. The Bertz CT molecular complexity index is 510. The lowest BCUT2D eigenvalue weighted by Crippen LogP contribution is -1.93. The third kappa shape index (κ3) is 3.32. The third-order valence-electron chi connectivity index (χ3n) is 2.34. The van der Waals surface area contributed by atoms with Crippen molar-refractivity contribution in [2.24, 2.45) is 0 Å². The molecule has 0 saturated carbocycles. The van der Waals surface area contributed by atoms with Gasteiger partial charge in [0.15, 0.2) is 5.78 Å². The van der Waals surface area contributed by atoms with Crippen LogP contribution >= 0.6 is 23.1 Å². The highest BCUT2D eigenvalue weighted by molar-refractivity contribution is 7.98. The van der Waals surface area contributed by atoms with Gasteiger partial charge in [-0.15, -0.1) is 11.8 Å². The number of thiophene rings is 1. The standard InChI is InChI=1S/C14H12OS2/c1-16-13-5-3-12(4-6-13)14(15)7-2-11-8-9-17-10-11/h2-10H,1H3. The van der Waals surface area contributed by atoms with E-state index in [1.165, 1.54) is 4.90 Å². The Balaban J connectivity index is 2.09. The molecule has 0 aliphatic carbocycles. The highest BCUT2D eigenvalue weighted by Crippen LogP contribution is 2.15. The minimum atomic E-state index is 0.0452. The van der Waals surface area contributed by atoms with Gasteiger partial charge in [-0.1, -0.05) is 6.08 Å². The van der Waals surface area contributed by atoms with Crippen LogP contribution in [0, 0.1) is 0 Å². The van der Waals surface area contributed by atoms with E-state index in [1.807, 2.05) is 53.4 Å². The summed E-state index contributed by atoms with van der Waals surface area (Å²) in [5.74, 6) is 0.0452. The van der Waals surface area contributed by atoms with Crippen LogP contribution in [0.5, 0.6) is 0 Å². The van der Waals surface area contributed by atoms with Crippen LogP contribution in [0.1, 0.15) is 15.9 Å². The Labute approximate surface area is 109 Å². The highest BCUT2D eigenvalue weighted by atomic mass is 32.2. The summed E-state index contributed by atoms with van der Waals surface area (Å²) < 4.78 is 0. The van der Waals surface area contributed by atoms with E-state index in [1.54, 1.807) is 29.2 Å². The van der Waals surface area contributed by atoms with Gasteiger partial charge in [0.05, 0.1) is 0 Å². The maximum absolute atomic E-state index is 11.8. The molecule has 0 amide bonds. The fraction of sp³-hybridized carbons (Fsp3) is 0.0714. The molecule has 1 aromatic heterocycles. The van der Waals surface area contributed by atoms with Crippen LogP contribution in [-0.2, 0) is 0 Å². The van der Waals surface area contributed by atoms with Gasteiger partial charge in [0.1, 0.15) is 0 Å². The second kappa shape index (κ2) is 5.84. The maximum Gasteiger partial charge on any atom is 0.185 e. The molecule has 0 radical (unpaired) electrons. The lowest BCUT2D eigenvalue weighted by atomic mass is 10.1. The molecule has 0 saturated heterocycles. The first-order chi connectivity index (χ1) is 8.29. The Hall–Kier alpha value is -1.32. The van der Waals surface area contributed by atoms with E-state index < -0.39 is 0 Å². The Morgan fingerprint density at radius 2 is 2.00 bits per heavy atom. The van der Waals surface area contributed by atoms with Crippen LogP contribution < -0.4 is 0 Å². The molecule has 0 aliphatic rings. The summed E-state index contributed by atoms with van der Waals surface area (Å²) >= 11 is 3.30. The Morgan fingerprint density at radius 3 is 2.59 bits per heavy atom. The van der Waals surface area contributed by atoms with Crippen molar-refractivity contribution in [2.75, 3.05) is 6.26 Å². The summed E-state index contributed by atoms with van der Waals surface area (Å²) in [4.78, 5) is 13.0. The van der Waals surface area contributed by atoms with Gasteiger partial charge in [-0.2, -0.15) is 11.3 Å². The van der Waals surface area contributed by atoms with Gasteiger partial charge in [-0.3, -0.25) is 4.79 Å². The molecule has 2 aromatic rings. The molecule has 86 valence electrons. The molecule has 0 bridgehead atoms. The first-order valence-electron chi connectivity index (χ1n) is 5.18. The Morgan fingerprint density at radius 1 is 1.24 bits per heavy atom. The minimum absolute atomic E-state index is 0.0452. The fourth-order valence-electron chi connectivity index (χ4n) is 1.39. The number of rotatable bonds is 4. The van der Waals surface area contributed by atoms with Crippen LogP contribution in [0.4, 0.5) is 0 Å². The zero-order chi connectivity index (χ0) is 12.1. The van der Waals surface area contributed by atoms with E-state index in [2.05, 4.69) is 0 Å². The van der Waals surface area contributed by atoms with E-state index in [-0.39, 0.29) is 5.78 Å². The lowest BCUT2D eigenvalue weighted by Gasteiger charge is -1.98. The van der Waals surface area contributed by atoms with Crippen LogP contribution in [0.3, 0.4) is 0 Å². The monoisotopic (exact) mass is 260 g/mol. The zero-order valence-corrected chi connectivity index (χ0v) is 11.1. The summed E-state index contributed by atoms with van der Waals surface area (Å²) in [5, 5.41) is 4.01. The number of ketones is 1. The molecule has 17 heavy (non-hydrogen) atoms. The van der Waals surface area contributed by atoms with Crippen molar-refractivity contribution in [1.29, 1.82) is 0 Å². The molecule has 0 fully saturated rings. The largest absolute Gasteiger partial charge is 0.289 e. The van der Waals surface area contributed by atoms with Crippen LogP contribution in [0.2, 0.25) is 0 Å². The summed E-state index contributed by atoms with van der Waals surface area (Å²) in [5.41, 5.74) is 1.80. The van der Waals surface area contributed by atoms with Crippen LogP contribution in [0.15, 0.2) is 52.1 Å². The van der Waals surface area contributed by atoms with E-state index in [0.29, 0.717) is 0 Å². The summed E-state index contributed by atoms with van der Waals surface area (Å²) in [7, 11) is 0. The quantitative estimate of drug-likeness (QED) is 0.461. The minimum Gasteiger partial charge on any atom is -0.289 e. The molecule has 0 aliphatic heterocycles. The average molecular weight is 260 g/mol. The molecule has 1 nitrogen and oxygen atoms in total. The van der Waals surface area contributed by atoms with Gasteiger partial charge in [0.25, 0.3) is 0 Å². The van der Waals surface area contributed by atoms with Crippen molar-refractivity contribution in [3.8, 4) is 0 Å². The number of carbonyl (C=O) groups excluding carboxylic acids is 1. The van der Waals surface area contributed by atoms with E-state index in [4.69, 9.17) is 0 Å². The normalized spacial score (nSPS) is 10.9. The van der Waals surface area contributed by atoms with Crippen molar-refractivity contribution in [1.82, 2.24) is 0 Å². The molecule has 1 heterocycles. The molecule has 0 unspecified atom stereocenters. The van der Waals surface area contributed by atoms with Gasteiger partial charge >= 0.3 is 0 Å². The van der Waals surface area contributed by atoms with E-state index in [0.717, 1.165) is 11.1 Å². The van der Waals surface area contributed by atoms with Gasteiger partial charge in [-0.05, 0) is 59.0 Å². The first kappa shape index (κ1) is 12.1. The van der Waals surface area contributed by atoms with Crippen molar-refractivity contribution in [3.05, 3.63) is 58.3 Å². The summed E-state index contributed by atoms with van der Waals surface area (Å²) in [6.45, 7) is 0. The molecule has 0 N–H and O–H groups in total. The van der Waals surface area contributed by atoms with Gasteiger partial charge in [0, 0.05) is 10.5 Å². The molecule has 0 spiro atoms. The fourth-order valence-corrected chi connectivity index (χ4v) is 2.43. The zero-order valence-electron chi connectivity index (χ0n) is 9.42. The summed E-state index contributed by atoms with van der Waals surface area (Å²) in [6.07, 6.45) is 5.49. The predicted octanol–water partition coefficient (Wildman–Crippen LogP) is 4.37. The topological polar surface area (TPSA) is 17.1 Å². The van der Waals surface area contributed by atoms with Crippen LogP contribution in [-0.4, -0.2) is 12.0 Å². The number of carbonyl (C=O) groups is 1. The van der Waals surface area contributed by atoms with Crippen LogP contribution in [0.25, 0.3) is 6.08 Å². The van der Waals surface area contributed by atoms with Crippen molar-refractivity contribution < 1.29 is 4.79 Å². The molecule has 1 aromatic carbocycles. The van der Waals surface area contributed by atoms with Crippen molar-refractivity contribution >= 4 is 35.0 Å². The second-order valence-corrected chi connectivity index (χ2v) is 5.14. The van der Waals surface area contributed by atoms with E-state index >= 15 is 0 Å². The predicted molar refractivity (Wildman–Crippen MR) is 75.9 cm³/mol. The number of thioether (sulfide) groups is 1. The van der Waals surface area contributed by atoms with E-state index in [9.17, 15) is 4.79 Å². The molecule has 3 heteroatoms. The maximum atomic E-state index is 11.8. The van der Waals surface area contributed by atoms with Crippen molar-refractivity contribution in [2.45, 2.75) is 4.90 Å². The molecular formula is C14H12OS2. The second-order valence-electron chi connectivity index (χ2n) is 3.48. The SMILES string of the molecule is CSc1ccc(C(=O)C=Cc2ccsc2)cc1.